The Bertz CT molecular complexity index is 1770. The van der Waals surface area contributed by atoms with Crippen LogP contribution in [0, 0.1) is 5.82 Å². The van der Waals surface area contributed by atoms with E-state index in [0.29, 0.717) is 48.5 Å². The van der Waals surface area contributed by atoms with E-state index in [1.807, 2.05) is 24.3 Å². The third-order valence-corrected chi connectivity index (χ3v) is 7.37. The Morgan fingerprint density at radius 3 is 2.79 bits per heavy atom. The minimum Gasteiger partial charge on any atom is -0.493 e. The molecule has 2 aromatic carbocycles. The molecule has 1 atom stereocenters. The van der Waals surface area contributed by atoms with Crippen LogP contribution in [0.15, 0.2) is 53.6 Å². The molecule has 0 aliphatic carbocycles. The highest BCUT2D eigenvalue weighted by atomic mass is 19.1. The summed E-state index contributed by atoms with van der Waals surface area (Å²) in [6.45, 7) is 1.68. The Balaban J connectivity index is 1.48. The van der Waals surface area contributed by atoms with Crippen molar-refractivity contribution in [1.29, 1.82) is 0 Å². The molecule has 1 fully saturated rings. The second kappa shape index (κ2) is 8.79. The van der Waals surface area contributed by atoms with E-state index >= 15 is 0 Å². The van der Waals surface area contributed by atoms with Gasteiger partial charge in [-0.15, -0.1) is 0 Å². The topological polar surface area (TPSA) is 111 Å². The van der Waals surface area contributed by atoms with E-state index in [9.17, 15) is 14.0 Å². The number of carbonyl (C=O) groups is 1. The molecule has 2 aliphatic rings. The normalized spacial score (nSPS) is 17.5. The highest BCUT2D eigenvalue weighted by Crippen LogP contribution is 2.35. The lowest BCUT2D eigenvalue weighted by Crippen LogP contribution is -2.36. The van der Waals surface area contributed by atoms with Crippen LogP contribution in [0.25, 0.3) is 28.1 Å². The molecule has 11 heteroatoms. The van der Waals surface area contributed by atoms with E-state index in [1.165, 1.54) is 18.5 Å². The van der Waals surface area contributed by atoms with Gasteiger partial charge in [0.25, 0.3) is 5.91 Å². The molecule has 3 aromatic heterocycles. The van der Waals surface area contributed by atoms with Gasteiger partial charge in [0.15, 0.2) is 11.3 Å². The zero-order chi connectivity index (χ0) is 25.8. The number of aromatic amines is 1. The fraction of sp³-hybridized carbons (Fsp3) is 0.296. The van der Waals surface area contributed by atoms with Crippen molar-refractivity contribution in [3.63, 3.8) is 0 Å². The van der Waals surface area contributed by atoms with Gasteiger partial charge in [-0.25, -0.2) is 19.2 Å². The molecule has 0 spiro atoms. The summed E-state index contributed by atoms with van der Waals surface area (Å²) in [5, 5.41) is 0. The minimum absolute atomic E-state index is 0.112. The molecule has 38 heavy (non-hydrogen) atoms. The number of fused-ring (bicyclic) bond motifs is 3. The third kappa shape index (κ3) is 3.57. The van der Waals surface area contributed by atoms with Crippen molar-refractivity contribution >= 4 is 28.1 Å². The maximum Gasteiger partial charge on any atom is 0.328 e. The van der Waals surface area contributed by atoms with Gasteiger partial charge in [0, 0.05) is 31.1 Å². The molecular formula is C27H24FN7O3. The van der Waals surface area contributed by atoms with Gasteiger partial charge in [-0.1, -0.05) is 18.2 Å². The first-order chi connectivity index (χ1) is 18.6. The van der Waals surface area contributed by atoms with Crippen LogP contribution < -0.4 is 10.4 Å². The number of benzene rings is 2. The molecule has 192 valence electrons. The lowest BCUT2D eigenvalue weighted by atomic mass is 10.0. The number of H-pyrrole nitrogens is 1. The number of amides is 1. The van der Waals surface area contributed by atoms with Gasteiger partial charge in [-0.05, 0) is 37.5 Å². The van der Waals surface area contributed by atoms with Crippen molar-refractivity contribution in [2.75, 3.05) is 19.7 Å². The Hall–Kier alpha value is -4.54. The van der Waals surface area contributed by atoms with E-state index in [1.54, 1.807) is 20.1 Å². The summed E-state index contributed by atoms with van der Waals surface area (Å²) in [6, 6.07) is 11.5. The predicted octanol–water partition coefficient (Wildman–Crippen LogP) is 3.60. The molecule has 0 saturated carbocycles. The molecule has 7 rings (SSSR count). The van der Waals surface area contributed by atoms with Gasteiger partial charge < -0.3 is 14.6 Å². The molecule has 2 aliphatic heterocycles. The quantitative estimate of drug-likeness (QED) is 0.395. The van der Waals surface area contributed by atoms with Crippen LogP contribution in [0.2, 0.25) is 0 Å². The molecule has 1 saturated heterocycles. The van der Waals surface area contributed by atoms with E-state index in [4.69, 9.17) is 9.72 Å². The first-order valence-corrected chi connectivity index (χ1v) is 12.7. The van der Waals surface area contributed by atoms with Crippen LogP contribution in [0.1, 0.15) is 47.8 Å². The second-order valence-corrected chi connectivity index (χ2v) is 9.66. The van der Waals surface area contributed by atoms with Crippen LogP contribution in [-0.4, -0.2) is 59.6 Å². The Labute approximate surface area is 215 Å². The second-order valence-electron chi connectivity index (χ2n) is 9.66. The molecule has 1 amide bonds. The van der Waals surface area contributed by atoms with Gasteiger partial charge >= 0.3 is 5.69 Å². The highest BCUT2D eigenvalue weighted by Gasteiger charge is 2.31. The van der Waals surface area contributed by atoms with Crippen molar-refractivity contribution in [2.45, 2.75) is 31.7 Å². The van der Waals surface area contributed by atoms with Crippen LogP contribution >= 0.6 is 0 Å². The fourth-order valence-electron chi connectivity index (χ4n) is 5.52. The van der Waals surface area contributed by atoms with E-state index in [0.717, 1.165) is 24.8 Å². The summed E-state index contributed by atoms with van der Waals surface area (Å²) in [5.41, 5.74) is 2.20. The smallest absolute Gasteiger partial charge is 0.328 e. The molecule has 0 bridgehead atoms. The average Bonchev–Trinajstić information content (AvgIpc) is 3.52. The van der Waals surface area contributed by atoms with Crippen LogP contribution in [0.5, 0.6) is 5.75 Å². The first-order valence-electron chi connectivity index (χ1n) is 12.7. The van der Waals surface area contributed by atoms with Crippen LogP contribution in [-0.2, 0) is 0 Å². The monoisotopic (exact) mass is 513 g/mol. The van der Waals surface area contributed by atoms with Crippen molar-refractivity contribution in [1.82, 2.24) is 34.0 Å². The number of imidazole rings is 2. The van der Waals surface area contributed by atoms with Gasteiger partial charge in [0.2, 0.25) is 5.95 Å². The number of aromatic nitrogens is 6. The van der Waals surface area contributed by atoms with Crippen molar-refractivity contribution in [2.24, 2.45) is 0 Å². The summed E-state index contributed by atoms with van der Waals surface area (Å²) < 4.78 is 23.1. The molecule has 1 N–H and O–H groups in total. The zero-order valence-corrected chi connectivity index (χ0v) is 20.4. The van der Waals surface area contributed by atoms with Crippen LogP contribution in [0.3, 0.4) is 0 Å². The largest absolute Gasteiger partial charge is 0.493 e. The zero-order valence-electron chi connectivity index (χ0n) is 20.4. The number of nitrogens with one attached hydrogen (secondary N) is 1. The van der Waals surface area contributed by atoms with Crippen molar-refractivity contribution < 1.29 is 13.9 Å². The molecule has 0 radical (unpaired) electrons. The number of rotatable bonds is 3. The van der Waals surface area contributed by atoms with E-state index < -0.39 is 5.82 Å². The number of nitrogens with zero attached hydrogens (tertiary/aromatic N) is 6. The summed E-state index contributed by atoms with van der Waals surface area (Å²) in [6.07, 6.45) is 4.94. The number of hydrogen-bond acceptors (Lipinski definition) is 6. The lowest BCUT2D eigenvalue weighted by molar-refractivity contribution is 0.0720. The summed E-state index contributed by atoms with van der Waals surface area (Å²) in [4.78, 5) is 45.6. The van der Waals surface area contributed by atoms with E-state index in [2.05, 4.69) is 15.0 Å². The lowest BCUT2D eigenvalue weighted by Gasteiger charge is -2.27. The Kier molecular flexibility index (Phi) is 5.24. The number of piperidine rings is 1. The molecule has 1 unspecified atom stereocenters. The molecule has 5 aromatic rings. The number of carbonyl (C=O) groups excluding carboxylic acids is 1. The summed E-state index contributed by atoms with van der Waals surface area (Å²) >= 11 is 0. The number of ether oxygens (including phenoxy) is 1. The summed E-state index contributed by atoms with van der Waals surface area (Å²) in [7, 11) is 0. The highest BCUT2D eigenvalue weighted by molar-refractivity contribution is 6.02. The maximum atomic E-state index is 14.2. The van der Waals surface area contributed by atoms with Gasteiger partial charge in [-0.2, -0.15) is 4.98 Å². The number of para-hydroxylation sites is 1. The SMILES string of the molecule is O=C(c1nc(-n2cnc3ccc(F)cc32)nc2c1[nH]c(=O)n2C1CCOc2ccccc21)N1CCCCC1. The standard InChI is InChI=1S/C27H24FN7O3/c28-16-8-9-18-20(14-16)34(15-29-18)26-30-23(25(36)33-11-4-1-5-12-33)22-24(32-26)35(27(37)31-22)19-10-13-38-21-7-3-2-6-17(19)21/h2-3,6-9,14-15,19H,1,4-5,10-13H2,(H,31,37). The summed E-state index contributed by atoms with van der Waals surface area (Å²) in [5.74, 6) is 0.149. The molecular weight excluding hydrogens is 489 g/mol. The van der Waals surface area contributed by atoms with Gasteiger partial charge in [0.1, 0.15) is 23.4 Å². The molecule has 5 heterocycles. The van der Waals surface area contributed by atoms with Crippen molar-refractivity contribution in [3.05, 3.63) is 76.4 Å². The fourth-order valence-corrected chi connectivity index (χ4v) is 5.52. The predicted molar refractivity (Wildman–Crippen MR) is 137 cm³/mol. The maximum absolute atomic E-state index is 14.2. The number of hydrogen-bond donors (Lipinski definition) is 1. The number of likely N-dealkylation sites (tertiary alicyclic amines) is 1. The van der Waals surface area contributed by atoms with Gasteiger partial charge in [0.05, 0.1) is 23.7 Å². The Morgan fingerprint density at radius 1 is 1.08 bits per heavy atom. The van der Waals surface area contributed by atoms with Crippen molar-refractivity contribution in [3.8, 4) is 11.7 Å². The minimum atomic E-state index is -0.428. The third-order valence-electron chi connectivity index (χ3n) is 7.37. The number of halogens is 1. The van der Waals surface area contributed by atoms with Crippen LogP contribution in [0.4, 0.5) is 4.39 Å². The Morgan fingerprint density at radius 2 is 1.92 bits per heavy atom. The average molecular weight is 514 g/mol. The van der Waals surface area contributed by atoms with Gasteiger partial charge in [-0.3, -0.25) is 13.9 Å². The van der Waals surface area contributed by atoms with E-state index in [-0.39, 0.29) is 34.8 Å². The first kappa shape index (κ1) is 22.6. The molecule has 10 nitrogen and oxygen atoms in total.